The maximum atomic E-state index is 12.6. The maximum absolute atomic E-state index is 12.6. The lowest BCUT2D eigenvalue weighted by molar-refractivity contribution is -0.124. The van der Waals surface area contributed by atoms with Crippen molar-refractivity contribution in [1.29, 1.82) is 0 Å². The third kappa shape index (κ3) is 3.37. The topological polar surface area (TPSA) is 38.3 Å². The lowest BCUT2D eigenvalue weighted by Crippen LogP contribution is -2.29. The van der Waals surface area contributed by atoms with Crippen LogP contribution in [0.15, 0.2) is 42.5 Å². The SMILES string of the molecule is C[C@H](CC(=O)C1CNCCOC1)c1cccc2ccccc12. The second-order valence-corrected chi connectivity index (χ2v) is 6.12. The smallest absolute Gasteiger partial charge is 0.140 e. The molecule has 1 unspecified atom stereocenters. The number of ether oxygens (including phenoxy) is 1. The Kier molecular flexibility index (Phi) is 4.86. The Bertz CT molecular complexity index is 639. The lowest BCUT2D eigenvalue weighted by atomic mass is 9.88. The number of rotatable bonds is 4. The van der Waals surface area contributed by atoms with Crippen LogP contribution in [0.1, 0.15) is 24.8 Å². The Morgan fingerprint density at radius 3 is 3.00 bits per heavy atom. The van der Waals surface area contributed by atoms with Gasteiger partial charge in [-0.3, -0.25) is 4.79 Å². The number of carbonyl (C=O) groups excluding carboxylic acids is 1. The van der Waals surface area contributed by atoms with E-state index in [0.717, 1.165) is 13.1 Å². The summed E-state index contributed by atoms with van der Waals surface area (Å²) in [7, 11) is 0. The van der Waals surface area contributed by atoms with E-state index < -0.39 is 0 Å². The molecule has 0 amide bonds. The van der Waals surface area contributed by atoms with Gasteiger partial charge in [0, 0.05) is 19.5 Å². The van der Waals surface area contributed by atoms with Crippen molar-refractivity contribution in [2.75, 3.05) is 26.3 Å². The molecule has 2 atom stereocenters. The van der Waals surface area contributed by atoms with E-state index in [4.69, 9.17) is 4.74 Å². The van der Waals surface area contributed by atoms with Gasteiger partial charge in [-0.2, -0.15) is 0 Å². The van der Waals surface area contributed by atoms with Crippen LogP contribution < -0.4 is 5.32 Å². The number of nitrogens with one attached hydrogen (secondary N) is 1. The highest BCUT2D eigenvalue weighted by atomic mass is 16.5. The van der Waals surface area contributed by atoms with Crippen LogP contribution >= 0.6 is 0 Å². The molecule has 1 aliphatic heterocycles. The quantitative estimate of drug-likeness (QED) is 0.942. The van der Waals surface area contributed by atoms with E-state index in [-0.39, 0.29) is 11.8 Å². The monoisotopic (exact) mass is 297 g/mol. The molecule has 1 aliphatic rings. The van der Waals surface area contributed by atoms with Crippen LogP contribution in [0.2, 0.25) is 0 Å². The largest absolute Gasteiger partial charge is 0.379 e. The summed E-state index contributed by atoms with van der Waals surface area (Å²) in [4.78, 5) is 12.6. The molecule has 2 aromatic carbocycles. The highest BCUT2D eigenvalue weighted by Crippen LogP contribution is 2.28. The number of fused-ring (bicyclic) bond motifs is 1. The van der Waals surface area contributed by atoms with Crippen molar-refractivity contribution in [2.45, 2.75) is 19.3 Å². The van der Waals surface area contributed by atoms with Gasteiger partial charge < -0.3 is 10.1 Å². The minimum absolute atomic E-state index is 0.0140. The van der Waals surface area contributed by atoms with Crippen LogP contribution in [0.4, 0.5) is 0 Å². The van der Waals surface area contributed by atoms with Crippen molar-refractivity contribution in [1.82, 2.24) is 5.32 Å². The summed E-state index contributed by atoms with van der Waals surface area (Å²) in [6.07, 6.45) is 0.573. The number of hydrogen-bond acceptors (Lipinski definition) is 3. The molecule has 0 aromatic heterocycles. The van der Waals surface area contributed by atoms with Crippen LogP contribution in [0, 0.1) is 5.92 Å². The number of ketones is 1. The maximum Gasteiger partial charge on any atom is 0.140 e. The summed E-state index contributed by atoms with van der Waals surface area (Å²) in [5.74, 6) is 0.511. The molecule has 0 saturated carbocycles. The van der Waals surface area contributed by atoms with Crippen LogP contribution in [0.5, 0.6) is 0 Å². The number of carbonyl (C=O) groups is 1. The van der Waals surface area contributed by atoms with Gasteiger partial charge >= 0.3 is 0 Å². The van der Waals surface area contributed by atoms with Gasteiger partial charge in [0.2, 0.25) is 0 Å². The average Bonchev–Trinajstić information content (AvgIpc) is 2.83. The summed E-state index contributed by atoms with van der Waals surface area (Å²) < 4.78 is 5.50. The summed E-state index contributed by atoms with van der Waals surface area (Å²) in [5.41, 5.74) is 1.26. The van der Waals surface area contributed by atoms with E-state index in [0.29, 0.717) is 25.4 Å². The Morgan fingerprint density at radius 1 is 1.27 bits per heavy atom. The van der Waals surface area contributed by atoms with Gasteiger partial charge in [0.25, 0.3) is 0 Å². The third-order valence-electron chi connectivity index (χ3n) is 4.45. The van der Waals surface area contributed by atoms with E-state index >= 15 is 0 Å². The predicted octanol–water partition coefficient (Wildman–Crippen LogP) is 3.14. The third-order valence-corrected chi connectivity index (χ3v) is 4.45. The molecule has 0 bridgehead atoms. The van der Waals surface area contributed by atoms with Crippen molar-refractivity contribution in [3.63, 3.8) is 0 Å². The Labute approximate surface area is 131 Å². The standard InChI is InChI=1S/C19H23NO2/c1-14(11-19(21)16-12-20-9-10-22-13-16)17-8-4-6-15-5-2-3-7-18(15)17/h2-8,14,16,20H,9-13H2,1H3/t14-,16?/m1/s1. The van der Waals surface area contributed by atoms with Crippen LogP contribution in [0.25, 0.3) is 10.8 Å². The zero-order valence-corrected chi connectivity index (χ0v) is 13.0. The molecule has 116 valence electrons. The van der Waals surface area contributed by atoms with Crippen molar-refractivity contribution in [2.24, 2.45) is 5.92 Å². The summed E-state index contributed by atoms with van der Waals surface area (Å²) in [6.45, 7) is 4.96. The molecule has 3 rings (SSSR count). The Morgan fingerprint density at radius 2 is 2.09 bits per heavy atom. The van der Waals surface area contributed by atoms with Gasteiger partial charge in [-0.15, -0.1) is 0 Å². The molecule has 22 heavy (non-hydrogen) atoms. The molecule has 0 aliphatic carbocycles. The molecule has 0 radical (unpaired) electrons. The minimum atomic E-state index is -0.0140. The zero-order chi connectivity index (χ0) is 15.4. The van der Waals surface area contributed by atoms with Crippen molar-refractivity contribution >= 4 is 16.6 Å². The number of hydrogen-bond donors (Lipinski definition) is 1. The molecule has 3 nitrogen and oxygen atoms in total. The summed E-state index contributed by atoms with van der Waals surface area (Å²) in [6, 6.07) is 14.7. The van der Waals surface area contributed by atoms with Crippen LogP contribution in [-0.4, -0.2) is 32.1 Å². The fraction of sp³-hybridized carbons (Fsp3) is 0.421. The van der Waals surface area contributed by atoms with Gasteiger partial charge in [0.1, 0.15) is 5.78 Å². The number of benzene rings is 2. The van der Waals surface area contributed by atoms with Crippen LogP contribution in [0.3, 0.4) is 0 Å². The van der Waals surface area contributed by atoms with E-state index in [1.165, 1.54) is 16.3 Å². The first-order valence-electron chi connectivity index (χ1n) is 8.04. The zero-order valence-electron chi connectivity index (χ0n) is 13.0. The first kappa shape index (κ1) is 15.2. The fourth-order valence-corrected chi connectivity index (χ4v) is 3.17. The van der Waals surface area contributed by atoms with E-state index in [1.54, 1.807) is 0 Å². The van der Waals surface area contributed by atoms with Gasteiger partial charge in [0.05, 0.1) is 19.1 Å². The van der Waals surface area contributed by atoms with Crippen molar-refractivity contribution in [3.05, 3.63) is 48.0 Å². The molecule has 1 fully saturated rings. The Hall–Kier alpha value is -1.71. The predicted molar refractivity (Wildman–Crippen MR) is 89.2 cm³/mol. The van der Waals surface area contributed by atoms with E-state index in [9.17, 15) is 4.79 Å². The molecular formula is C19H23NO2. The average molecular weight is 297 g/mol. The van der Waals surface area contributed by atoms with Gasteiger partial charge in [-0.25, -0.2) is 0 Å². The molecule has 1 heterocycles. The number of Topliss-reactive ketones (excluding diaryl/α,β-unsaturated/α-hetero) is 1. The van der Waals surface area contributed by atoms with Gasteiger partial charge in [-0.1, -0.05) is 49.4 Å². The van der Waals surface area contributed by atoms with Crippen molar-refractivity contribution in [3.8, 4) is 0 Å². The first-order valence-corrected chi connectivity index (χ1v) is 8.04. The molecule has 2 aromatic rings. The summed E-state index contributed by atoms with van der Waals surface area (Å²) >= 11 is 0. The van der Waals surface area contributed by atoms with E-state index in [1.807, 2.05) is 0 Å². The van der Waals surface area contributed by atoms with Gasteiger partial charge in [0.15, 0.2) is 0 Å². The molecule has 3 heteroatoms. The van der Waals surface area contributed by atoms with Crippen molar-refractivity contribution < 1.29 is 9.53 Å². The second kappa shape index (κ2) is 7.03. The molecule has 0 spiro atoms. The molecule has 1 N–H and O–H groups in total. The normalized spacial score (nSPS) is 20.5. The summed E-state index contributed by atoms with van der Waals surface area (Å²) in [5, 5.41) is 5.76. The second-order valence-electron chi connectivity index (χ2n) is 6.12. The highest BCUT2D eigenvalue weighted by Gasteiger charge is 2.23. The van der Waals surface area contributed by atoms with E-state index in [2.05, 4.69) is 54.7 Å². The highest BCUT2D eigenvalue weighted by molar-refractivity contribution is 5.88. The molecular weight excluding hydrogens is 274 g/mol. The lowest BCUT2D eigenvalue weighted by Gasteiger charge is -2.18. The van der Waals surface area contributed by atoms with Crippen LogP contribution in [-0.2, 0) is 9.53 Å². The first-order chi connectivity index (χ1) is 10.8. The van der Waals surface area contributed by atoms with Gasteiger partial charge in [-0.05, 0) is 22.3 Å². The Balaban J connectivity index is 1.75. The molecule has 1 saturated heterocycles. The minimum Gasteiger partial charge on any atom is -0.379 e. The fourth-order valence-electron chi connectivity index (χ4n) is 3.17.